The highest BCUT2D eigenvalue weighted by Gasteiger charge is 2.11. The third-order valence-electron chi connectivity index (χ3n) is 1.27. The van der Waals surface area contributed by atoms with Crippen molar-refractivity contribution < 1.29 is 12.8 Å². The molecule has 0 amide bonds. The van der Waals surface area contributed by atoms with Crippen LogP contribution in [0.2, 0.25) is 5.22 Å². The maximum absolute atomic E-state index is 11.0. The summed E-state index contributed by atoms with van der Waals surface area (Å²) in [6.07, 6.45) is 0. The van der Waals surface area contributed by atoms with Crippen LogP contribution in [0.4, 0.5) is 0 Å². The molecule has 0 saturated carbocycles. The number of halogens is 1. The normalized spacial score (nSPS) is 11.8. The van der Waals surface area contributed by atoms with Gasteiger partial charge < -0.3 is 4.42 Å². The van der Waals surface area contributed by atoms with E-state index in [9.17, 15) is 8.42 Å². The Morgan fingerprint density at radius 2 is 2.25 bits per heavy atom. The molecule has 12 heavy (non-hydrogen) atoms. The maximum atomic E-state index is 11.0. The maximum Gasteiger partial charge on any atom is 0.218 e. The van der Waals surface area contributed by atoms with Crippen molar-refractivity contribution in [1.29, 1.82) is 0 Å². The molecule has 0 saturated heterocycles. The predicted molar refractivity (Wildman–Crippen MR) is 45.4 cm³/mol. The summed E-state index contributed by atoms with van der Waals surface area (Å²) in [4.78, 5) is 0. The summed E-state index contributed by atoms with van der Waals surface area (Å²) < 4.78 is 29.0. The van der Waals surface area contributed by atoms with Crippen LogP contribution in [0.15, 0.2) is 16.5 Å². The molecule has 0 spiro atoms. The van der Waals surface area contributed by atoms with Crippen molar-refractivity contribution in [3.8, 4) is 0 Å². The van der Waals surface area contributed by atoms with Gasteiger partial charge in [-0.2, -0.15) is 0 Å². The summed E-state index contributed by atoms with van der Waals surface area (Å²) in [5.41, 5.74) is 0. The van der Waals surface area contributed by atoms with Gasteiger partial charge in [0.1, 0.15) is 11.5 Å². The third kappa shape index (κ3) is 2.51. The molecule has 1 aromatic heterocycles. The fourth-order valence-corrected chi connectivity index (χ4v) is 1.52. The molecular formula is C6H8ClNO3S. The van der Waals surface area contributed by atoms with E-state index in [0.717, 1.165) is 0 Å². The first kappa shape index (κ1) is 9.57. The number of sulfonamides is 1. The van der Waals surface area contributed by atoms with Gasteiger partial charge in [0, 0.05) is 0 Å². The lowest BCUT2D eigenvalue weighted by atomic mass is 10.5. The monoisotopic (exact) mass is 209 g/mol. The summed E-state index contributed by atoms with van der Waals surface area (Å²) >= 11 is 5.45. The average molecular weight is 210 g/mol. The molecule has 6 heteroatoms. The van der Waals surface area contributed by atoms with Gasteiger partial charge in [0.2, 0.25) is 10.0 Å². The second-order valence-corrected chi connectivity index (χ2v) is 4.47. The lowest BCUT2D eigenvalue weighted by molar-refractivity contribution is 0.520. The zero-order valence-electron chi connectivity index (χ0n) is 6.37. The Kier molecular flexibility index (Phi) is 2.76. The highest BCUT2D eigenvalue weighted by Crippen LogP contribution is 2.14. The lowest BCUT2D eigenvalue weighted by Gasteiger charge is -1.97. The number of hydrogen-bond acceptors (Lipinski definition) is 3. The largest absolute Gasteiger partial charge is 0.449 e. The van der Waals surface area contributed by atoms with Crippen LogP contribution in [0, 0.1) is 0 Å². The van der Waals surface area contributed by atoms with E-state index >= 15 is 0 Å². The van der Waals surface area contributed by atoms with Crippen molar-refractivity contribution in [3.05, 3.63) is 23.1 Å². The molecule has 1 aromatic rings. The summed E-state index contributed by atoms with van der Waals surface area (Å²) in [5.74, 6) is 0.144. The van der Waals surface area contributed by atoms with E-state index in [0.29, 0.717) is 5.76 Å². The molecule has 0 atom stereocenters. The molecule has 0 aliphatic rings. The van der Waals surface area contributed by atoms with E-state index in [2.05, 4.69) is 4.72 Å². The fourth-order valence-electron chi connectivity index (χ4n) is 0.689. The molecule has 4 nitrogen and oxygen atoms in total. The molecule has 0 aliphatic carbocycles. The topological polar surface area (TPSA) is 59.3 Å². The van der Waals surface area contributed by atoms with Crippen LogP contribution in [-0.2, 0) is 15.8 Å². The first-order chi connectivity index (χ1) is 5.53. The summed E-state index contributed by atoms with van der Waals surface area (Å²) in [5, 5.41) is 0.191. The third-order valence-corrected chi connectivity index (χ3v) is 2.76. The summed E-state index contributed by atoms with van der Waals surface area (Å²) in [6.45, 7) is 0. The molecule has 1 N–H and O–H groups in total. The van der Waals surface area contributed by atoms with Crippen molar-refractivity contribution in [1.82, 2.24) is 4.72 Å². The molecule has 0 unspecified atom stereocenters. The van der Waals surface area contributed by atoms with Gasteiger partial charge in [-0.25, -0.2) is 13.1 Å². The van der Waals surface area contributed by atoms with Gasteiger partial charge in [0.05, 0.1) is 0 Å². The molecule has 1 heterocycles. The van der Waals surface area contributed by atoms with Crippen molar-refractivity contribution in [2.45, 2.75) is 5.75 Å². The quantitative estimate of drug-likeness (QED) is 0.808. The van der Waals surface area contributed by atoms with Crippen LogP contribution in [0.5, 0.6) is 0 Å². The Hall–Kier alpha value is -0.520. The van der Waals surface area contributed by atoms with Crippen LogP contribution in [0.3, 0.4) is 0 Å². The fraction of sp³-hybridized carbons (Fsp3) is 0.333. The van der Waals surface area contributed by atoms with E-state index in [1.165, 1.54) is 19.2 Å². The average Bonchev–Trinajstić information content (AvgIpc) is 2.35. The van der Waals surface area contributed by atoms with Gasteiger partial charge in [-0.1, -0.05) is 0 Å². The van der Waals surface area contributed by atoms with Crippen LogP contribution in [0.1, 0.15) is 5.76 Å². The van der Waals surface area contributed by atoms with E-state index in [4.69, 9.17) is 16.0 Å². The minimum Gasteiger partial charge on any atom is -0.449 e. The molecule has 0 aromatic carbocycles. The Labute approximate surface area is 75.6 Å². The predicted octanol–water partition coefficient (Wildman–Crippen LogP) is 0.982. The second-order valence-electron chi connectivity index (χ2n) is 2.17. The van der Waals surface area contributed by atoms with Crippen molar-refractivity contribution in [2.24, 2.45) is 0 Å². The van der Waals surface area contributed by atoms with Crippen LogP contribution in [0.25, 0.3) is 0 Å². The van der Waals surface area contributed by atoms with Crippen LogP contribution >= 0.6 is 11.6 Å². The van der Waals surface area contributed by atoms with Crippen molar-refractivity contribution in [3.63, 3.8) is 0 Å². The van der Waals surface area contributed by atoms with Gasteiger partial charge in [0.25, 0.3) is 0 Å². The summed E-state index contributed by atoms with van der Waals surface area (Å²) in [6, 6.07) is 3.03. The highest BCUT2D eigenvalue weighted by atomic mass is 35.5. The van der Waals surface area contributed by atoms with Gasteiger partial charge in [-0.3, -0.25) is 0 Å². The molecule has 68 valence electrons. The minimum atomic E-state index is -3.26. The Morgan fingerprint density at radius 3 is 2.67 bits per heavy atom. The SMILES string of the molecule is CNS(=O)(=O)Cc1ccc(Cl)o1. The molecule has 0 fully saturated rings. The standard InChI is InChI=1S/C6H8ClNO3S/c1-8-12(9,10)4-5-2-3-6(7)11-5/h2-3,8H,4H2,1H3. The number of rotatable bonds is 3. The van der Waals surface area contributed by atoms with E-state index in [-0.39, 0.29) is 11.0 Å². The highest BCUT2D eigenvalue weighted by molar-refractivity contribution is 7.88. The Balaban J connectivity index is 2.77. The van der Waals surface area contributed by atoms with Gasteiger partial charge in [-0.05, 0) is 30.8 Å². The van der Waals surface area contributed by atoms with E-state index in [1.54, 1.807) is 0 Å². The van der Waals surface area contributed by atoms with Gasteiger partial charge in [-0.15, -0.1) is 0 Å². The smallest absolute Gasteiger partial charge is 0.218 e. The molecule has 0 radical (unpaired) electrons. The lowest BCUT2D eigenvalue weighted by Crippen LogP contribution is -2.20. The van der Waals surface area contributed by atoms with Crippen molar-refractivity contribution >= 4 is 21.6 Å². The van der Waals surface area contributed by atoms with Gasteiger partial charge in [0.15, 0.2) is 5.22 Å². The second kappa shape index (κ2) is 3.47. The molecule has 0 bridgehead atoms. The number of hydrogen-bond donors (Lipinski definition) is 1. The van der Waals surface area contributed by atoms with Crippen molar-refractivity contribution in [2.75, 3.05) is 7.05 Å². The Morgan fingerprint density at radius 1 is 1.58 bits per heavy atom. The zero-order chi connectivity index (χ0) is 9.19. The Bertz CT molecular complexity index is 357. The molecular weight excluding hydrogens is 202 g/mol. The van der Waals surface area contributed by atoms with Gasteiger partial charge >= 0.3 is 0 Å². The van der Waals surface area contributed by atoms with Crippen LogP contribution < -0.4 is 4.72 Å². The van der Waals surface area contributed by atoms with Crippen LogP contribution in [-0.4, -0.2) is 15.5 Å². The molecule has 1 rings (SSSR count). The van der Waals surface area contributed by atoms with E-state index < -0.39 is 10.0 Å². The minimum absolute atomic E-state index is 0.184. The summed E-state index contributed by atoms with van der Waals surface area (Å²) in [7, 11) is -1.91. The number of furan rings is 1. The zero-order valence-corrected chi connectivity index (χ0v) is 7.95. The number of nitrogens with one attached hydrogen (secondary N) is 1. The first-order valence-corrected chi connectivity index (χ1v) is 5.22. The first-order valence-electron chi connectivity index (χ1n) is 3.19. The molecule has 0 aliphatic heterocycles. The van der Waals surface area contributed by atoms with E-state index in [1.807, 2.05) is 0 Å².